The number of amides is 1. The molecule has 1 aromatic heterocycles. The third kappa shape index (κ3) is 3.80. The highest BCUT2D eigenvalue weighted by Crippen LogP contribution is 2.25. The van der Waals surface area contributed by atoms with Gasteiger partial charge in [0.25, 0.3) is 11.5 Å². The highest BCUT2D eigenvalue weighted by molar-refractivity contribution is 7.99. The maximum atomic E-state index is 12.7. The highest BCUT2D eigenvalue weighted by Gasteiger charge is 2.17. The van der Waals surface area contributed by atoms with Crippen molar-refractivity contribution < 1.29 is 14.3 Å². The molecule has 0 fully saturated rings. The lowest BCUT2D eigenvalue weighted by atomic mass is 10.1. The van der Waals surface area contributed by atoms with Gasteiger partial charge in [-0.25, -0.2) is 4.98 Å². The predicted molar refractivity (Wildman–Crippen MR) is 112 cm³/mol. The fourth-order valence-electron chi connectivity index (χ4n) is 3.33. The van der Waals surface area contributed by atoms with Crippen molar-refractivity contribution in [1.82, 2.24) is 14.9 Å². The Kier molecular flexibility index (Phi) is 5.44. The minimum atomic E-state index is -0.246. The van der Waals surface area contributed by atoms with Gasteiger partial charge in [0.05, 0.1) is 25.1 Å². The van der Waals surface area contributed by atoms with E-state index in [-0.39, 0.29) is 18.0 Å². The molecule has 7 nitrogen and oxygen atoms in total. The van der Waals surface area contributed by atoms with Crippen LogP contribution in [0.1, 0.15) is 22.3 Å². The van der Waals surface area contributed by atoms with Crippen LogP contribution in [0.3, 0.4) is 0 Å². The lowest BCUT2D eigenvalue weighted by molar-refractivity contribution is 0.0950. The number of hydrogen-bond acceptors (Lipinski definition) is 6. The number of methoxy groups -OCH3 is 2. The van der Waals surface area contributed by atoms with Crippen LogP contribution < -0.4 is 20.3 Å². The van der Waals surface area contributed by atoms with E-state index in [9.17, 15) is 9.59 Å². The summed E-state index contributed by atoms with van der Waals surface area (Å²) in [7, 11) is 3.17. The van der Waals surface area contributed by atoms with Gasteiger partial charge in [-0.1, -0.05) is 11.8 Å². The van der Waals surface area contributed by atoms with Gasteiger partial charge < -0.3 is 14.8 Å². The van der Waals surface area contributed by atoms with Gasteiger partial charge in [0.2, 0.25) is 0 Å². The number of nitrogens with one attached hydrogen (secondary N) is 1. The standard InChI is InChI=1S/C21H21N3O4S/c1-27-15-5-7-18(28-2)14(10-15)12-22-19(25)13-4-6-16-17(11-13)23-21-24(20(16)26)8-3-9-29-21/h4-7,10-11H,3,8-9,12H2,1-2H3,(H,22,25). The second kappa shape index (κ2) is 8.16. The number of rotatable bonds is 5. The van der Waals surface area contributed by atoms with Gasteiger partial charge in [-0.15, -0.1) is 0 Å². The van der Waals surface area contributed by atoms with Crippen molar-refractivity contribution in [2.24, 2.45) is 0 Å². The molecule has 29 heavy (non-hydrogen) atoms. The van der Waals surface area contributed by atoms with Crippen LogP contribution in [0.4, 0.5) is 0 Å². The molecule has 0 aliphatic carbocycles. The molecule has 0 radical (unpaired) electrons. The highest BCUT2D eigenvalue weighted by atomic mass is 32.2. The summed E-state index contributed by atoms with van der Waals surface area (Å²) < 4.78 is 12.3. The molecule has 0 spiro atoms. The Bertz CT molecular complexity index is 1140. The van der Waals surface area contributed by atoms with Gasteiger partial charge in [-0.2, -0.15) is 0 Å². The average molecular weight is 411 g/mol. The number of benzene rings is 2. The summed E-state index contributed by atoms with van der Waals surface area (Å²) in [5.41, 5.74) is 1.76. The Morgan fingerprint density at radius 1 is 1.21 bits per heavy atom. The first kappa shape index (κ1) is 19.3. The molecule has 8 heteroatoms. The summed E-state index contributed by atoms with van der Waals surface area (Å²) in [6.07, 6.45) is 0.957. The van der Waals surface area contributed by atoms with E-state index in [1.54, 1.807) is 60.9 Å². The number of carbonyl (C=O) groups is 1. The zero-order chi connectivity index (χ0) is 20.4. The number of hydrogen-bond donors (Lipinski definition) is 1. The Morgan fingerprint density at radius 2 is 2.07 bits per heavy atom. The Morgan fingerprint density at radius 3 is 2.86 bits per heavy atom. The predicted octanol–water partition coefficient (Wildman–Crippen LogP) is 2.84. The first-order valence-electron chi connectivity index (χ1n) is 9.27. The molecule has 150 valence electrons. The second-order valence-electron chi connectivity index (χ2n) is 6.65. The van der Waals surface area contributed by atoms with Crippen LogP contribution in [0.5, 0.6) is 11.5 Å². The normalized spacial score (nSPS) is 13.0. The van der Waals surface area contributed by atoms with E-state index in [0.29, 0.717) is 39.7 Å². The molecule has 1 N–H and O–H groups in total. The number of aromatic nitrogens is 2. The molecule has 4 rings (SSSR count). The molecule has 1 amide bonds. The summed E-state index contributed by atoms with van der Waals surface area (Å²) in [6, 6.07) is 10.4. The van der Waals surface area contributed by atoms with Crippen molar-refractivity contribution in [2.75, 3.05) is 20.0 Å². The summed E-state index contributed by atoms with van der Waals surface area (Å²) in [4.78, 5) is 30.0. The topological polar surface area (TPSA) is 82.5 Å². The zero-order valence-corrected chi connectivity index (χ0v) is 17.0. The molecule has 3 aromatic rings. The van der Waals surface area contributed by atoms with Crippen molar-refractivity contribution in [1.29, 1.82) is 0 Å². The van der Waals surface area contributed by atoms with Crippen LogP contribution in [-0.4, -0.2) is 35.4 Å². The molecule has 0 saturated carbocycles. The van der Waals surface area contributed by atoms with Crippen LogP contribution in [-0.2, 0) is 13.1 Å². The molecule has 2 heterocycles. The van der Waals surface area contributed by atoms with Crippen molar-refractivity contribution in [2.45, 2.75) is 24.7 Å². The van der Waals surface area contributed by atoms with Crippen LogP contribution >= 0.6 is 11.8 Å². The molecule has 1 aliphatic rings. The van der Waals surface area contributed by atoms with Crippen LogP contribution in [0.25, 0.3) is 10.9 Å². The van der Waals surface area contributed by atoms with Crippen molar-refractivity contribution in [3.8, 4) is 11.5 Å². The van der Waals surface area contributed by atoms with E-state index in [4.69, 9.17) is 9.47 Å². The number of fused-ring (bicyclic) bond motifs is 2. The van der Waals surface area contributed by atoms with Gasteiger partial charge in [-0.3, -0.25) is 14.2 Å². The number of ether oxygens (including phenoxy) is 2. The first-order chi connectivity index (χ1) is 14.1. The zero-order valence-electron chi connectivity index (χ0n) is 16.2. The smallest absolute Gasteiger partial charge is 0.262 e. The van der Waals surface area contributed by atoms with Gasteiger partial charge in [0.1, 0.15) is 11.5 Å². The van der Waals surface area contributed by atoms with E-state index in [2.05, 4.69) is 10.3 Å². The molecule has 2 aromatic carbocycles. The quantitative estimate of drug-likeness (QED) is 0.650. The molecule has 0 bridgehead atoms. The van der Waals surface area contributed by atoms with Gasteiger partial charge >= 0.3 is 0 Å². The van der Waals surface area contributed by atoms with E-state index in [1.165, 1.54) is 0 Å². The Hall–Kier alpha value is -3.00. The summed E-state index contributed by atoms with van der Waals surface area (Å²) >= 11 is 1.57. The molecular formula is C21H21N3O4S. The van der Waals surface area contributed by atoms with E-state index < -0.39 is 0 Å². The van der Waals surface area contributed by atoms with E-state index >= 15 is 0 Å². The third-order valence-electron chi connectivity index (χ3n) is 4.87. The Balaban J connectivity index is 1.58. The fourth-order valence-corrected chi connectivity index (χ4v) is 4.28. The SMILES string of the molecule is COc1ccc(OC)c(CNC(=O)c2ccc3c(=O)n4c(nc3c2)SCCC4)c1. The first-order valence-corrected chi connectivity index (χ1v) is 10.3. The number of thioether (sulfide) groups is 1. The number of nitrogens with zero attached hydrogens (tertiary/aromatic N) is 2. The largest absolute Gasteiger partial charge is 0.497 e. The molecular weight excluding hydrogens is 390 g/mol. The summed E-state index contributed by atoms with van der Waals surface area (Å²) in [5, 5.41) is 4.14. The maximum absolute atomic E-state index is 12.7. The second-order valence-corrected chi connectivity index (χ2v) is 7.71. The fraction of sp³-hybridized carbons (Fsp3) is 0.286. The van der Waals surface area contributed by atoms with Gasteiger partial charge in [0, 0.05) is 30.0 Å². The summed E-state index contributed by atoms with van der Waals surface area (Å²) in [6.45, 7) is 0.974. The maximum Gasteiger partial charge on any atom is 0.262 e. The van der Waals surface area contributed by atoms with Crippen LogP contribution in [0.2, 0.25) is 0 Å². The molecule has 0 saturated heterocycles. The van der Waals surface area contributed by atoms with Crippen LogP contribution in [0.15, 0.2) is 46.3 Å². The lowest BCUT2D eigenvalue weighted by Gasteiger charge is -2.17. The van der Waals surface area contributed by atoms with Crippen LogP contribution in [0, 0.1) is 0 Å². The molecule has 0 unspecified atom stereocenters. The minimum absolute atomic E-state index is 0.0507. The van der Waals surface area contributed by atoms with Gasteiger partial charge in [-0.05, 0) is 42.8 Å². The van der Waals surface area contributed by atoms with Crippen molar-refractivity contribution in [3.05, 3.63) is 57.9 Å². The Labute approximate surface area is 172 Å². The van der Waals surface area contributed by atoms with E-state index in [0.717, 1.165) is 17.7 Å². The molecule has 1 aliphatic heterocycles. The third-order valence-corrected chi connectivity index (χ3v) is 5.93. The number of carbonyl (C=O) groups excluding carboxylic acids is 1. The molecule has 0 atom stereocenters. The van der Waals surface area contributed by atoms with Crippen molar-refractivity contribution >= 4 is 28.6 Å². The monoisotopic (exact) mass is 411 g/mol. The van der Waals surface area contributed by atoms with E-state index in [1.807, 2.05) is 6.07 Å². The lowest BCUT2D eigenvalue weighted by Crippen LogP contribution is -2.27. The average Bonchev–Trinajstić information content (AvgIpc) is 2.77. The van der Waals surface area contributed by atoms with Crippen molar-refractivity contribution in [3.63, 3.8) is 0 Å². The minimum Gasteiger partial charge on any atom is -0.497 e. The summed E-state index contributed by atoms with van der Waals surface area (Å²) in [5.74, 6) is 2.06. The van der Waals surface area contributed by atoms with Gasteiger partial charge in [0.15, 0.2) is 5.16 Å².